The fourth-order valence-electron chi connectivity index (χ4n) is 2.92. The molecule has 0 N–H and O–H groups in total. The Bertz CT molecular complexity index is 919. The van der Waals surface area contributed by atoms with E-state index < -0.39 is 0 Å². The van der Waals surface area contributed by atoms with Gasteiger partial charge < -0.3 is 0 Å². The van der Waals surface area contributed by atoms with Crippen molar-refractivity contribution in [2.75, 3.05) is 0 Å². The quantitative estimate of drug-likeness (QED) is 0.347. The van der Waals surface area contributed by atoms with Gasteiger partial charge in [-0.2, -0.15) is 15.8 Å². The van der Waals surface area contributed by atoms with Crippen LogP contribution in [-0.4, -0.2) is 6.71 Å². The van der Waals surface area contributed by atoms with E-state index in [1.54, 1.807) is 0 Å². The maximum Gasteiger partial charge on any atom is 0.241 e. The predicted octanol–water partition coefficient (Wildman–Crippen LogP) is 3.92. The molecular weight excluding hydrogens is 401 g/mol. The van der Waals surface area contributed by atoms with Gasteiger partial charge in [0.2, 0.25) is 6.71 Å². The summed E-state index contributed by atoms with van der Waals surface area (Å²) in [5.74, 6) is 0. The van der Waals surface area contributed by atoms with Gasteiger partial charge in [-0.15, -0.1) is 0 Å². The number of nitriles is 3. The highest BCUT2D eigenvalue weighted by Crippen LogP contribution is 2.17. The number of hydrogen-bond donors (Lipinski definition) is 0. The molecule has 3 aromatic rings. The van der Waals surface area contributed by atoms with E-state index in [1.165, 1.54) is 0 Å². The fraction of sp³-hybridized carbons (Fsp3) is 0. The van der Waals surface area contributed by atoms with Crippen LogP contribution in [0.5, 0.6) is 0 Å². The minimum Gasteiger partial charge on any atom is -0.185 e. The van der Waals surface area contributed by atoms with Crippen LogP contribution in [-0.2, 0) is 0 Å². The molecule has 0 aliphatic carbocycles. The summed E-state index contributed by atoms with van der Waals surface area (Å²) in [5.41, 5.74) is 3.34. The van der Waals surface area contributed by atoms with E-state index >= 15 is 0 Å². The zero-order valence-electron chi connectivity index (χ0n) is 14.6. The van der Waals surface area contributed by atoms with Gasteiger partial charge in [0.05, 0.1) is 0 Å². The summed E-state index contributed by atoms with van der Waals surface area (Å²) in [4.78, 5) is 2.73. The first-order valence-corrected chi connectivity index (χ1v) is 10.7. The lowest BCUT2D eigenvalue weighted by molar-refractivity contribution is 1.47. The molecular formula is C21H12BN3S3. The molecule has 0 saturated carbocycles. The van der Waals surface area contributed by atoms with Gasteiger partial charge in [-0.05, 0) is 71.7 Å². The van der Waals surface area contributed by atoms with E-state index in [0.717, 1.165) is 66.4 Å². The number of nitrogens with zero attached hydrogens (tertiary/aromatic N) is 3. The third kappa shape index (κ3) is 4.94. The van der Waals surface area contributed by atoms with Crippen molar-refractivity contribution in [3.63, 3.8) is 0 Å². The Kier molecular flexibility index (Phi) is 7.12. The molecule has 0 radical (unpaired) electrons. The van der Waals surface area contributed by atoms with Crippen LogP contribution < -0.4 is 16.4 Å². The van der Waals surface area contributed by atoms with E-state index in [-0.39, 0.29) is 6.71 Å². The summed E-state index contributed by atoms with van der Waals surface area (Å²) < 4.78 is 0. The highest BCUT2D eigenvalue weighted by atomic mass is 32.2. The Labute approximate surface area is 177 Å². The zero-order valence-corrected chi connectivity index (χ0v) is 17.0. The predicted molar refractivity (Wildman–Crippen MR) is 118 cm³/mol. The standard InChI is InChI=1S/C21H12BN3S3/c23-13-26-19-7-1-16(2-8-19)22(17-3-9-20(10-4-17)27-14-24)18-5-11-21(12-6-18)28-15-25/h1-12H. The van der Waals surface area contributed by atoms with Crippen molar-refractivity contribution in [3.05, 3.63) is 72.8 Å². The second-order valence-corrected chi connectivity index (χ2v) is 8.29. The molecule has 0 heterocycles. The van der Waals surface area contributed by atoms with E-state index in [4.69, 9.17) is 15.8 Å². The van der Waals surface area contributed by atoms with Crippen molar-refractivity contribution in [1.29, 1.82) is 15.8 Å². The lowest BCUT2D eigenvalue weighted by Gasteiger charge is -2.16. The van der Waals surface area contributed by atoms with Gasteiger partial charge in [0.25, 0.3) is 0 Å². The highest BCUT2D eigenvalue weighted by Gasteiger charge is 2.21. The Hall–Kier alpha value is -2.76. The Balaban J connectivity index is 2.01. The van der Waals surface area contributed by atoms with Crippen LogP contribution in [0.1, 0.15) is 0 Å². The Morgan fingerprint density at radius 2 is 0.714 bits per heavy atom. The summed E-state index contributed by atoms with van der Waals surface area (Å²) in [6.45, 7) is 0.0170. The average molecular weight is 413 g/mol. The van der Waals surface area contributed by atoms with E-state index in [0.29, 0.717) is 0 Å². The van der Waals surface area contributed by atoms with E-state index in [1.807, 2.05) is 72.8 Å². The van der Waals surface area contributed by atoms with Crippen LogP contribution in [0, 0.1) is 32.0 Å². The summed E-state index contributed by atoms with van der Waals surface area (Å²) in [6.07, 6.45) is 0. The molecule has 7 heteroatoms. The molecule has 0 aromatic heterocycles. The van der Waals surface area contributed by atoms with Gasteiger partial charge in [0.1, 0.15) is 16.2 Å². The molecule has 0 unspecified atom stereocenters. The minimum absolute atomic E-state index is 0.0170. The molecule has 0 saturated heterocycles. The fourth-order valence-corrected chi connectivity index (χ4v) is 4.05. The van der Waals surface area contributed by atoms with Crippen molar-refractivity contribution in [2.45, 2.75) is 14.7 Å². The van der Waals surface area contributed by atoms with E-state index in [2.05, 4.69) is 16.2 Å². The lowest BCUT2D eigenvalue weighted by Crippen LogP contribution is -2.51. The topological polar surface area (TPSA) is 71.4 Å². The van der Waals surface area contributed by atoms with Crippen molar-refractivity contribution in [2.24, 2.45) is 0 Å². The van der Waals surface area contributed by atoms with Gasteiger partial charge in [-0.1, -0.05) is 52.8 Å². The Morgan fingerprint density at radius 1 is 0.464 bits per heavy atom. The van der Waals surface area contributed by atoms with Gasteiger partial charge in [0, 0.05) is 14.7 Å². The Morgan fingerprint density at radius 3 is 0.929 bits per heavy atom. The number of rotatable bonds is 6. The molecule has 0 aliphatic rings. The van der Waals surface area contributed by atoms with Crippen LogP contribution >= 0.6 is 35.3 Å². The molecule has 0 aliphatic heterocycles. The van der Waals surface area contributed by atoms with Gasteiger partial charge in [-0.25, -0.2) is 0 Å². The van der Waals surface area contributed by atoms with Crippen LogP contribution in [0.15, 0.2) is 87.5 Å². The summed E-state index contributed by atoms with van der Waals surface area (Å²) in [6, 6.07) is 24.0. The molecule has 0 fully saturated rings. The van der Waals surface area contributed by atoms with Gasteiger partial charge in [-0.3, -0.25) is 0 Å². The summed E-state index contributed by atoms with van der Waals surface area (Å²) in [7, 11) is 0. The monoisotopic (exact) mass is 413 g/mol. The molecule has 3 nitrogen and oxygen atoms in total. The molecule has 0 amide bonds. The first kappa shape index (κ1) is 20.0. The molecule has 0 spiro atoms. The third-order valence-corrected chi connectivity index (χ3v) is 5.93. The summed E-state index contributed by atoms with van der Waals surface area (Å²) in [5, 5.41) is 32.8. The SMILES string of the molecule is N#CSc1ccc(B(c2ccc(SC#N)cc2)c2ccc(SC#N)cc2)cc1. The average Bonchev–Trinajstić information content (AvgIpc) is 2.73. The largest absolute Gasteiger partial charge is 0.241 e. The first-order chi connectivity index (χ1) is 13.7. The first-order valence-electron chi connectivity index (χ1n) is 8.23. The third-order valence-electron chi connectivity index (χ3n) is 4.13. The number of thioether (sulfide) groups is 3. The van der Waals surface area contributed by atoms with Crippen LogP contribution in [0.3, 0.4) is 0 Å². The van der Waals surface area contributed by atoms with Crippen molar-refractivity contribution in [3.8, 4) is 16.2 Å². The molecule has 0 bridgehead atoms. The molecule has 3 aromatic carbocycles. The van der Waals surface area contributed by atoms with Crippen molar-refractivity contribution < 1.29 is 0 Å². The second-order valence-electron chi connectivity index (χ2n) is 5.72. The van der Waals surface area contributed by atoms with Crippen molar-refractivity contribution >= 4 is 58.4 Å². The van der Waals surface area contributed by atoms with Crippen LogP contribution in [0.25, 0.3) is 0 Å². The van der Waals surface area contributed by atoms with Gasteiger partial charge in [0.15, 0.2) is 0 Å². The van der Waals surface area contributed by atoms with E-state index in [9.17, 15) is 0 Å². The molecule has 28 heavy (non-hydrogen) atoms. The van der Waals surface area contributed by atoms with Crippen LogP contribution in [0.2, 0.25) is 0 Å². The number of benzene rings is 3. The second kappa shape index (κ2) is 9.97. The van der Waals surface area contributed by atoms with Gasteiger partial charge >= 0.3 is 0 Å². The maximum absolute atomic E-state index is 8.86. The highest BCUT2D eigenvalue weighted by molar-refractivity contribution is 8.04. The smallest absolute Gasteiger partial charge is 0.185 e. The number of thiocyanates is 3. The normalized spacial score (nSPS) is 9.75. The maximum atomic E-state index is 8.86. The number of hydrogen-bond acceptors (Lipinski definition) is 6. The molecule has 132 valence electrons. The summed E-state index contributed by atoms with van der Waals surface area (Å²) >= 11 is 3.42. The zero-order chi connectivity index (χ0) is 19.8. The van der Waals surface area contributed by atoms with Crippen molar-refractivity contribution in [1.82, 2.24) is 0 Å². The lowest BCUT2D eigenvalue weighted by atomic mass is 9.37. The molecule has 0 atom stereocenters. The minimum atomic E-state index is 0.0170. The van der Waals surface area contributed by atoms with Crippen LogP contribution in [0.4, 0.5) is 0 Å². The molecule has 3 rings (SSSR count).